The molecule has 0 aliphatic rings. The summed E-state index contributed by atoms with van der Waals surface area (Å²) in [6.07, 6.45) is 1.93. The van der Waals surface area contributed by atoms with Gasteiger partial charge in [-0.25, -0.2) is 13.1 Å². The first-order valence-electron chi connectivity index (χ1n) is 6.24. The summed E-state index contributed by atoms with van der Waals surface area (Å²) in [6, 6.07) is 8.11. The Kier molecular flexibility index (Phi) is 7.01. The first kappa shape index (κ1) is 16.1. The lowest BCUT2D eigenvalue weighted by molar-refractivity contribution is 0.184. The largest absolute Gasteiger partial charge is 0.380 e. The zero-order valence-electron chi connectivity index (χ0n) is 11.5. The van der Waals surface area contributed by atoms with Crippen LogP contribution in [0.2, 0.25) is 0 Å². The zero-order chi connectivity index (χ0) is 14.1. The molecule has 19 heavy (non-hydrogen) atoms. The highest BCUT2D eigenvalue weighted by Gasteiger charge is 2.01. The fourth-order valence-electron chi connectivity index (χ4n) is 1.72. The molecule has 0 bridgehead atoms. The van der Waals surface area contributed by atoms with Crippen LogP contribution in [0.3, 0.4) is 0 Å². The number of sulfonamides is 1. The number of nitrogens with one attached hydrogen (secondary N) is 2. The molecule has 108 valence electrons. The summed E-state index contributed by atoms with van der Waals surface area (Å²) in [5, 5.41) is 3.30. The van der Waals surface area contributed by atoms with E-state index in [0.717, 1.165) is 19.5 Å². The van der Waals surface area contributed by atoms with Gasteiger partial charge in [0.15, 0.2) is 0 Å². The average Bonchev–Trinajstić information content (AvgIpc) is 2.34. The smallest absolute Gasteiger partial charge is 0.208 e. The Balaban J connectivity index is 2.26. The molecule has 0 radical (unpaired) electrons. The SMILES string of the molecule is COCc1ccccc1CNCCCNS(C)(=O)=O. The minimum Gasteiger partial charge on any atom is -0.380 e. The molecule has 0 heterocycles. The van der Waals surface area contributed by atoms with Crippen LogP contribution in [-0.4, -0.2) is 34.9 Å². The van der Waals surface area contributed by atoms with Crippen molar-refractivity contribution in [3.63, 3.8) is 0 Å². The predicted octanol–water partition coefficient (Wildman–Crippen LogP) is 0.862. The Morgan fingerprint density at radius 2 is 1.84 bits per heavy atom. The summed E-state index contributed by atoms with van der Waals surface area (Å²) < 4.78 is 29.3. The lowest BCUT2D eigenvalue weighted by Crippen LogP contribution is -2.26. The van der Waals surface area contributed by atoms with Gasteiger partial charge in [-0.2, -0.15) is 0 Å². The molecule has 0 aliphatic heterocycles. The fraction of sp³-hybridized carbons (Fsp3) is 0.538. The number of methoxy groups -OCH3 is 1. The normalized spacial score (nSPS) is 11.7. The van der Waals surface area contributed by atoms with E-state index in [9.17, 15) is 8.42 Å². The van der Waals surface area contributed by atoms with Crippen molar-refractivity contribution in [2.45, 2.75) is 19.6 Å². The summed E-state index contributed by atoms with van der Waals surface area (Å²) in [6.45, 7) is 2.60. The molecule has 0 saturated carbocycles. The van der Waals surface area contributed by atoms with E-state index in [-0.39, 0.29) is 0 Å². The summed E-state index contributed by atoms with van der Waals surface area (Å²) in [4.78, 5) is 0. The average molecular weight is 286 g/mol. The van der Waals surface area contributed by atoms with E-state index in [2.05, 4.69) is 16.1 Å². The van der Waals surface area contributed by atoms with Crippen molar-refractivity contribution < 1.29 is 13.2 Å². The maximum Gasteiger partial charge on any atom is 0.208 e. The van der Waals surface area contributed by atoms with Crippen LogP contribution in [0.4, 0.5) is 0 Å². The number of rotatable bonds is 9. The van der Waals surface area contributed by atoms with Gasteiger partial charge < -0.3 is 10.1 Å². The molecule has 2 N–H and O–H groups in total. The molecule has 1 aromatic carbocycles. The molecule has 0 fully saturated rings. The van der Waals surface area contributed by atoms with E-state index >= 15 is 0 Å². The number of hydrogen-bond donors (Lipinski definition) is 2. The van der Waals surface area contributed by atoms with Crippen LogP contribution >= 0.6 is 0 Å². The van der Waals surface area contributed by atoms with E-state index in [0.29, 0.717) is 13.2 Å². The van der Waals surface area contributed by atoms with Gasteiger partial charge in [0.25, 0.3) is 0 Å². The van der Waals surface area contributed by atoms with Crippen LogP contribution in [0, 0.1) is 0 Å². The summed E-state index contributed by atoms with van der Waals surface area (Å²) in [5.41, 5.74) is 2.38. The van der Waals surface area contributed by atoms with Gasteiger partial charge >= 0.3 is 0 Å². The third-order valence-corrected chi connectivity index (χ3v) is 3.36. The van der Waals surface area contributed by atoms with Crippen molar-refractivity contribution in [2.75, 3.05) is 26.5 Å². The molecular formula is C13H22N2O3S. The summed E-state index contributed by atoms with van der Waals surface area (Å²) in [7, 11) is -1.39. The monoisotopic (exact) mass is 286 g/mol. The highest BCUT2D eigenvalue weighted by molar-refractivity contribution is 7.88. The predicted molar refractivity (Wildman–Crippen MR) is 76.3 cm³/mol. The Hall–Kier alpha value is -0.950. The molecule has 5 nitrogen and oxygen atoms in total. The molecule has 6 heteroatoms. The molecular weight excluding hydrogens is 264 g/mol. The maximum atomic E-state index is 10.9. The molecule has 1 rings (SSSR count). The van der Waals surface area contributed by atoms with Crippen molar-refractivity contribution >= 4 is 10.0 Å². The van der Waals surface area contributed by atoms with Crippen molar-refractivity contribution in [3.8, 4) is 0 Å². The quantitative estimate of drug-likeness (QED) is 0.661. The van der Waals surface area contributed by atoms with E-state index in [1.54, 1.807) is 7.11 Å². The molecule has 0 spiro atoms. The van der Waals surface area contributed by atoms with Gasteiger partial charge in [-0.3, -0.25) is 0 Å². The van der Waals surface area contributed by atoms with Gasteiger partial charge in [0, 0.05) is 20.2 Å². The van der Waals surface area contributed by atoms with Crippen LogP contribution in [-0.2, 0) is 27.9 Å². The van der Waals surface area contributed by atoms with Crippen LogP contribution in [0.5, 0.6) is 0 Å². The molecule has 0 unspecified atom stereocenters. The second kappa shape index (κ2) is 8.27. The molecule has 0 saturated heterocycles. The second-order valence-corrected chi connectivity index (χ2v) is 6.23. The highest BCUT2D eigenvalue weighted by atomic mass is 32.2. The summed E-state index contributed by atoms with van der Waals surface area (Å²) in [5.74, 6) is 0. The molecule has 0 atom stereocenters. The van der Waals surface area contributed by atoms with Crippen LogP contribution in [0.1, 0.15) is 17.5 Å². The van der Waals surface area contributed by atoms with Gasteiger partial charge in [0.2, 0.25) is 10.0 Å². The Morgan fingerprint density at radius 1 is 1.16 bits per heavy atom. The molecule has 0 aromatic heterocycles. The summed E-state index contributed by atoms with van der Waals surface area (Å²) >= 11 is 0. The third kappa shape index (κ3) is 7.27. The highest BCUT2D eigenvalue weighted by Crippen LogP contribution is 2.09. The number of hydrogen-bond acceptors (Lipinski definition) is 4. The molecule has 0 aliphatic carbocycles. The van der Waals surface area contributed by atoms with Crippen LogP contribution < -0.4 is 10.0 Å². The first-order chi connectivity index (χ1) is 9.03. The lowest BCUT2D eigenvalue weighted by atomic mass is 10.1. The van der Waals surface area contributed by atoms with Crippen LogP contribution in [0.25, 0.3) is 0 Å². The van der Waals surface area contributed by atoms with Gasteiger partial charge in [0.1, 0.15) is 0 Å². The van der Waals surface area contributed by atoms with E-state index < -0.39 is 10.0 Å². The van der Waals surface area contributed by atoms with Crippen molar-refractivity contribution in [3.05, 3.63) is 35.4 Å². The van der Waals surface area contributed by atoms with Gasteiger partial charge in [-0.05, 0) is 24.1 Å². The standard InChI is InChI=1S/C13H22N2O3S/c1-18-11-13-7-4-3-6-12(13)10-14-8-5-9-15-19(2,16)17/h3-4,6-7,14-15H,5,8-11H2,1-2H3. The fourth-order valence-corrected chi connectivity index (χ4v) is 2.24. The van der Waals surface area contributed by atoms with E-state index in [1.165, 1.54) is 17.4 Å². The van der Waals surface area contributed by atoms with E-state index in [1.807, 2.05) is 18.2 Å². The van der Waals surface area contributed by atoms with E-state index in [4.69, 9.17) is 4.74 Å². The first-order valence-corrected chi connectivity index (χ1v) is 8.13. The van der Waals surface area contributed by atoms with Crippen molar-refractivity contribution in [1.29, 1.82) is 0 Å². The van der Waals surface area contributed by atoms with Crippen LogP contribution in [0.15, 0.2) is 24.3 Å². The van der Waals surface area contributed by atoms with Gasteiger partial charge in [-0.15, -0.1) is 0 Å². The third-order valence-electron chi connectivity index (χ3n) is 2.63. The van der Waals surface area contributed by atoms with Crippen molar-refractivity contribution in [1.82, 2.24) is 10.0 Å². The second-order valence-electron chi connectivity index (χ2n) is 4.40. The maximum absolute atomic E-state index is 10.9. The minimum atomic E-state index is -3.07. The minimum absolute atomic E-state index is 0.464. The topological polar surface area (TPSA) is 67.4 Å². The van der Waals surface area contributed by atoms with Crippen molar-refractivity contribution in [2.24, 2.45) is 0 Å². The van der Waals surface area contributed by atoms with Gasteiger partial charge in [-0.1, -0.05) is 24.3 Å². The Bertz CT molecular complexity index is 475. The van der Waals surface area contributed by atoms with Gasteiger partial charge in [0.05, 0.1) is 12.9 Å². The molecule has 1 aromatic rings. The number of benzene rings is 1. The molecule has 0 amide bonds. The lowest BCUT2D eigenvalue weighted by Gasteiger charge is -2.10. The number of ether oxygens (including phenoxy) is 1. The Labute approximate surface area is 115 Å². The zero-order valence-corrected chi connectivity index (χ0v) is 12.3. The Morgan fingerprint density at radius 3 is 2.47 bits per heavy atom.